The lowest BCUT2D eigenvalue weighted by Gasteiger charge is -1.94. The molecule has 0 unspecified atom stereocenters. The second-order valence-electron chi connectivity index (χ2n) is 2.20. The standard InChI is InChI=1S/C7H10BrN3/c1-2-3-4-11-5-6(8)7(9)10-11/h2,5H,1,3-4H2,(H2,9,10). The number of hydrogen-bond donors (Lipinski definition) is 1. The molecule has 0 aliphatic heterocycles. The maximum atomic E-state index is 5.51. The fourth-order valence-electron chi connectivity index (χ4n) is 0.750. The second-order valence-corrected chi connectivity index (χ2v) is 3.06. The summed E-state index contributed by atoms with van der Waals surface area (Å²) in [4.78, 5) is 0. The molecule has 0 bridgehead atoms. The molecule has 1 rings (SSSR count). The molecule has 1 aromatic heterocycles. The quantitative estimate of drug-likeness (QED) is 0.783. The highest BCUT2D eigenvalue weighted by Crippen LogP contribution is 2.16. The van der Waals surface area contributed by atoms with E-state index in [1.807, 2.05) is 12.3 Å². The van der Waals surface area contributed by atoms with Gasteiger partial charge in [-0.05, 0) is 22.4 Å². The lowest BCUT2D eigenvalue weighted by Crippen LogP contribution is -1.98. The normalized spacial score (nSPS) is 9.91. The fraction of sp³-hybridized carbons (Fsp3) is 0.286. The molecule has 4 heteroatoms. The Morgan fingerprint density at radius 3 is 3.00 bits per heavy atom. The summed E-state index contributed by atoms with van der Waals surface area (Å²) in [6, 6.07) is 0. The van der Waals surface area contributed by atoms with Crippen LogP contribution in [0.2, 0.25) is 0 Å². The largest absolute Gasteiger partial charge is 0.381 e. The van der Waals surface area contributed by atoms with Crippen LogP contribution in [-0.2, 0) is 6.54 Å². The summed E-state index contributed by atoms with van der Waals surface area (Å²) in [7, 11) is 0. The molecule has 0 fully saturated rings. The number of allylic oxidation sites excluding steroid dienone is 1. The zero-order valence-electron chi connectivity index (χ0n) is 6.13. The SMILES string of the molecule is C=CCCn1cc(Br)c(N)n1. The zero-order chi connectivity index (χ0) is 8.27. The van der Waals surface area contributed by atoms with Crippen molar-refractivity contribution < 1.29 is 0 Å². The Hall–Kier alpha value is -0.770. The summed E-state index contributed by atoms with van der Waals surface area (Å²) in [5.41, 5.74) is 5.51. The molecule has 1 aromatic rings. The predicted molar refractivity (Wildman–Crippen MR) is 49.2 cm³/mol. The van der Waals surface area contributed by atoms with Crippen LogP contribution in [0.25, 0.3) is 0 Å². The van der Waals surface area contributed by atoms with Crippen LogP contribution in [-0.4, -0.2) is 9.78 Å². The van der Waals surface area contributed by atoms with E-state index in [0.29, 0.717) is 5.82 Å². The van der Waals surface area contributed by atoms with Crippen molar-refractivity contribution >= 4 is 21.7 Å². The Morgan fingerprint density at radius 1 is 1.82 bits per heavy atom. The molecule has 0 saturated carbocycles. The molecule has 0 saturated heterocycles. The van der Waals surface area contributed by atoms with Crippen LogP contribution in [0, 0.1) is 0 Å². The number of hydrogen-bond acceptors (Lipinski definition) is 2. The zero-order valence-corrected chi connectivity index (χ0v) is 7.71. The third kappa shape index (κ3) is 2.08. The average molecular weight is 216 g/mol. The second kappa shape index (κ2) is 3.57. The molecular formula is C7H10BrN3. The minimum absolute atomic E-state index is 0.536. The molecule has 0 spiro atoms. The van der Waals surface area contributed by atoms with Gasteiger partial charge >= 0.3 is 0 Å². The lowest BCUT2D eigenvalue weighted by molar-refractivity contribution is 0.626. The van der Waals surface area contributed by atoms with E-state index in [9.17, 15) is 0 Å². The molecule has 3 nitrogen and oxygen atoms in total. The van der Waals surface area contributed by atoms with Gasteiger partial charge in [-0.1, -0.05) is 6.08 Å². The van der Waals surface area contributed by atoms with Crippen LogP contribution < -0.4 is 5.73 Å². The first kappa shape index (κ1) is 8.33. The van der Waals surface area contributed by atoms with Crippen LogP contribution in [0.5, 0.6) is 0 Å². The predicted octanol–water partition coefficient (Wildman–Crippen LogP) is 1.80. The average Bonchev–Trinajstić information content (AvgIpc) is 2.28. The monoisotopic (exact) mass is 215 g/mol. The number of aromatic nitrogens is 2. The van der Waals surface area contributed by atoms with E-state index in [1.165, 1.54) is 0 Å². The Labute approximate surface area is 74.0 Å². The Morgan fingerprint density at radius 2 is 2.55 bits per heavy atom. The molecule has 0 aliphatic carbocycles. The van der Waals surface area contributed by atoms with E-state index in [0.717, 1.165) is 17.4 Å². The number of halogens is 1. The first-order valence-corrected chi connectivity index (χ1v) is 4.12. The van der Waals surface area contributed by atoms with E-state index < -0.39 is 0 Å². The van der Waals surface area contributed by atoms with Crippen LogP contribution in [0.4, 0.5) is 5.82 Å². The summed E-state index contributed by atoms with van der Waals surface area (Å²) in [6.07, 6.45) is 4.62. The number of nitrogens with two attached hydrogens (primary N) is 1. The first-order valence-electron chi connectivity index (χ1n) is 3.33. The lowest BCUT2D eigenvalue weighted by atomic mass is 10.4. The highest BCUT2D eigenvalue weighted by atomic mass is 79.9. The molecule has 0 aromatic carbocycles. The van der Waals surface area contributed by atoms with Crippen LogP contribution >= 0.6 is 15.9 Å². The van der Waals surface area contributed by atoms with Gasteiger partial charge in [-0.15, -0.1) is 6.58 Å². The molecule has 1 heterocycles. The van der Waals surface area contributed by atoms with Crippen molar-refractivity contribution in [2.45, 2.75) is 13.0 Å². The van der Waals surface area contributed by atoms with Gasteiger partial charge in [0.2, 0.25) is 0 Å². The van der Waals surface area contributed by atoms with Crippen molar-refractivity contribution in [2.24, 2.45) is 0 Å². The van der Waals surface area contributed by atoms with Crippen molar-refractivity contribution in [2.75, 3.05) is 5.73 Å². The highest BCUT2D eigenvalue weighted by Gasteiger charge is 1.99. The van der Waals surface area contributed by atoms with Gasteiger partial charge in [-0.2, -0.15) is 5.10 Å². The molecule has 2 N–H and O–H groups in total. The van der Waals surface area contributed by atoms with Gasteiger partial charge < -0.3 is 5.73 Å². The van der Waals surface area contributed by atoms with E-state index in [-0.39, 0.29) is 0 Å². The van der Waals surface area contributed by atoms with E-state index in [4.69, 9.17) is 5.73 Å². The van der Waals surface area contributed by atoms with Gasteiger partial charge in [0.05, 0.1) is 4.47 Å². The van der Waals surface area contributed by atoms with Gasteiger partial charge in [0.25, 0.3) is 0 Å². The number of aryl methyl sites for hydroxylation is 1. The van der Waals surface area contributed by atoms with E-state index in [2.05, 4.69) is 27.6 Å². The summed E-state index contributed by atoms with van der Waals surface area (Å²) in [5, 5.41) is 4.05. The molecule has 0 radical (unpaired) electrons. The summed E-state index contributed by atoms with van der Waals surface area (Å²) >= 11 is 3.27. The van der Waals surface area contributed by atoms with Crippen LogP contribution in [0.1, 0.15) is 6.42 Å². The van der Waals surface area contributed by atoms with Gasteiger partial charge in [-0.25, -0.2) is 0 Å². The highest BCUT2D eigenvalue weighted by molar-refractivity contribution is 9.10. The van der Waals surface area contributed by atoms with Crippen molar-refractivity contribution in [3.05, 3.63) is 23.3 Å². The molecule has 60 valence electrons. The third-order valence-corrected chi connectivity index (χ3v) is 1.92. The Bertz CT molecular complexity index is 235. The molecular weight excluding hydrogens is 206 g/mol. The smallest absolute Gasteiger partial charge is 0.159 e. The van der Waals surface area contributed by atoms with Crippen molar-refractivity contribution in [1.29, 1.82) is 0 Å². The number of nitrogens with zero attached hydrogens (tertiary/aromatic N) is 2. The van der Waals surface area contributed by atoms with Gasteiger partial charge in [0.1, 0.15) is 0 Å². The topological polar surface area (TPSA) is 43.8 Å². The van der Waals surface area contributed by atoms with Crippen molar-refractivity contribution in [3.8, 4) is 0 Å². The summed E-state index contributed by atoms with van der Waals surface area (Å²) < 4.78 is 2.64. The third-order valence-electron chi connectivity index (χ3n) is 1.31. The first-order chi connectivity index (χ1) is 5.24. The molecule has 0 atom stereocenters. The molecule has 0 amide bonds. The van der Waals surface area contributed by atoms with Crippen molar-refractivity contribution in [3.63, 3.8) is 0 Å². The van der Waals surface area contributed by atoms with Gasteiger partial charge in [0.15, 0.2) is 5.82 Å². The van der Waals surface area contributed by atoms with Crippen LogP contribution in [0.15, 0.2) is 23.3 Å². The maximum absolute atomic E-state index is 5.51. The van der Waals surface area contributed by atoms with Gasteiger partial charge in [-0.3, -0.25) is 4.68 Å². The fourth-order valence-corrected chi connectivity index (χ4v) is 1.07. The summed E-state index contributed by atoms with van der Waals surface area (Å²) in [5.74, 6) is 0.536. The number of anilines is 1. The Balaban J connectivity index is 2.64. The number of nitrogen functional groups attached to an aromatic ring is 1. The Kier molecular flexibility index (Phi) is 2.70. The van der Waals surface area contributed by atoms with E-state index >= 15 is 0 Å². The van der Waals surface area contributed by atoms with Crippen molar-refractivity contribution in [1.82, 2.24) is 9.78 Å². The van der Waals surface area contributed by atoms with Crippen LogP contribution in [0.3, 0.4) is 0 Å². The van der Waals surface area contributed by atoms with Gasteiger partial charge in [0, 0.05) is 12.7 Å². The molecule has 11 heavy (non-hydrogen) atoms. The summed E-state index contributed by atoms with van der Waals surface area (Å²) in [6.45, 7) is 4.45. The maximum Gasteiger partial charge on any atom is 0.159 e. The minimum atomic E-state index is 0.536. The minimum Gasteiger partial charge on any atom is -0.381 e. The number of rotatable bonds is 3. The van der Waals surface area contributed by atoms with E-state index in [1.54, 1.807) is 4.68 Å². The molecule has 0 aliphatic rings.